The fourth-order valence-electron chi connectivity index (χ4n) is 3.82. The molecule has 3 heteroatoms. The van der Waals surface area contributed by atoms with E-state index in [4.69, 9.17) is 10.5 Å². The highest BCUT2D eigenvalue weighted by molar-refractivity contribution is 4.88. The van der Waals surface area contributed by atoms with Crippen molar-refractivity contribution in [3.8, 4) is 0 Å². The molecule has 0 amide bonds. The van der Waals surface area contributed by atoms with Crippen LogP contribution in [-0.2, 0) is 4.74 Å². The smallest absolute Gasteiger partial charge is 0.0509 e. The lowest BCUT2D eigenvalue weighted by molar-refractivity contribution is -0.00238. The van der Waals surface area contributed by atoms with E-state index in [-0.39, 0.29) is 0 Å². The van der Waals surface area contributed by atoms with Crippen LogP contribution >= 0.6 is 0 Å². The van der Waals surface area contributed by atoms with E-state index in [1.54, 1.807) is 0 Å². The fraction of sp³-hybridized carbons (Fsp3) is 1.00. The summed E-state index contributed by atoms with van der Waals surface area (Å²) in [4.78, 5) is 2.58. The summed E-state index contributed by atoms with van der Waals surface area (Å²) in [5.74, 6) is 0.638. The van der Waals surface area contributed by atoms with Gasteiger partial charge < -0.3 is 10.5 Å². The highest BCUT2D eigenvalue weighted by Crippen LogP contribution is 2.37. The molecule has 19 heavy (non-hydrogen) atoms. The Hall–Kier alpha value is -0.120. The van der Waals surface area contributed by atoms with Gasteiger partial charge in [-0.15, -0.1) is 0 Å². The summed E-state index contributed by atoms with van der Waals surface area (Å²) >= 11 is 0. The van der Waals surface area contributed by atoms with Gasteiger partial charge in [0.05, 0.1) is 6.61 Å². The maximum Gasteiger partial charge on any atom is 0.0509 e. The number of nitrogens with two attached hydrogens (primary N) is 1. The zero-order chi connectivity index (χ0) is 13.9. The van der Waals surface area contributed by atoms with Crippen molar-refractivity contribution in [1.82, 2.24) is 4.90 Å². The van der Waals surface area contributed by atoms with E-state index in [0.717, 1.165) is 25.8 Å². The van der Waals surface area contributed by atoms with Crippen molar-refractivity contribution < 1.29 is 4.74 Å². The van der Waals surface area contributed by atoms with Crippen LogP contribution in [0.15, 0.2) is 0 Å². The molecule has 3 nitrogen and oxygen atoms in total. The van der Waals surface area contributed by atoms with Crippen LogP contribution in [0.4, 0.5) is 0 Å². The number of nitrogens with zero attached hydrogens (tertiary/aromatic N) is 1. The van der Waals surface area contributed by atoms with Gasteiger partial charge in [0.2, 0.25) is 0 Å². The molecule has 0 spiro atoms. The molecule has 0 aromatic carbocycles. The normalized spacial score (nSPS) is 30.5. The van der Waals surface area contributed by atoms with Crippen LogP contribution in [0, 0.1) is 11.3 Å². The molecule has 0 aromatic rings. The van der Waals surface area contributed by atoms with Gasteiger partial charge in [0.25, 0.3) is 0 Å². The molecule has 1 saturated heterocycles. The molecule has 0 radical (unpaired) electrons. The van der Waals surface area contributed by atoms with Crippen LogP contribution in [-0.4, -0.2) is 43.8 Å². The van der Waals surface area contributed by atoms with Gasteiger partial charge in [0.15, 0.2) is 0 Å². The van der Waals surface area contributed by atoms with Gasteiger partial charge in [0.1, 0.15) is 0 Å². The maximum atomic E-state index is 6.07. The Labute approximate surface area is 118 Å². The summed E-state index contributed by atoms with van der Waals surface area (Å²) in [7, 11) is 2.29. The molecule has 2 rings (SSSR count). The van der Waals surface area contributed by atoms with Gasteiger partial charge in [-0.05, 0) is 56.9 Å². The number of likely N-dealkylation sites (N-methyl/N-ethyl adjacent to an activating group) is 1. The van der Waals surface area contributed by atoms with Gasteiger partial charge in [-0.25, -0.2) is 0 Å². The van der Waals surface area contributed by atoms with Gasteiger partial charge >= 0.3 is 0 Å². The molecule has 1 aliphatic heterocycles. The average Bonchev–Trinajstić information content (AvgIpc) is 2.40. The Bertz CT molecular complexity index is 264. The molecular formula is C16H32N2O. The van der Waals surface area contributed by atoms with E-state index in [1.807, 2.05) is 0 Å². The lowest BCUT2D eigenvalue weighted by Gasteiger charge is -2.44. The molecular weight excluding hydrogens is 236 g/mol. The Morgan fingerprint density at radius 1 is 1.26 bits per heavy atom. The summed E-state index contributed by atoms with van der Waals surface area (Å²) in [5, 5.41) is 0. The third-order valence-corrected chi connectivity index (χ3v) is 5.39. The summed E-state index contributed by atoms with van der Waals surface area (Å²) in [6.45, 7) is 7.42. The first-order valence-electron chi connectivity index (χ1n) is 8.03. The minimum atomic E-state index is 0.506. The minimum Gasteiger partial charge on any atom is -0.381 e. The average molecular weight is 268 g/mol. The molecule has 2 aliphatic rings. The van der Waals surface area contributed by atoms with Gasteiger partial charge in [0, 0.05) is 25.2 Å². The lowest BCUT2D eigenvalue weighted by atomic mass is 9.75. The predicted molar refractivity (Wildman–Crippen MR) is 80.2 cm³/mol. The van der Waals surface area contributed by atoms with Crippen LogP contribution < -0.4 is 5.73 Å². The number of hydrogen-bond acceptors (Lipinski definition) is 3. The molecule has 2 atom stereocenters. The monoisotopic (exact) mass is 268 g/mol. The fourth-order valence-corrected chi connectivity index (χ4v) is 3.82. The molecule has 2 N–H and O–H groups in total. The van der Waals surface area contributed by atoms with E-state index in [9.17, 15) is 0 Å². The maximum absolute atomic E-state index is 6.07. The molecule has 0 bridgehead atoms. The molecule has 1 heterocycles. The number of ether oxygens (including phenoxy) is 1. The highest BCUT2D eigenvalue weighted by atomic mass is 16.5. The van der Waals surface area contributed by atoms with Crippen LogP contribution in [0.25, 0.3) is 0 Å². The second-order valence-corrected chi connectivity index (χ2v) is 7.34. The summed E-state index contributed by atoms with van der Waals surface area (Å²) in [6.07, 6.45) is 7.83. The van der Waals surface area contributed by atoms with Crippen molar-refractivity contribution in [3.05, 3.63) is 0 Å². The highest BCUT2D eigenvalue weighted by Gasteiger charge is 2.34. The SMILES string of the molecule is CN(C1CCC(C)(C)CC1)C(CN)C1CCCOC1. The first kappa shape index (κ1) is 15.3. The second-order valence-electron chi connectivity index (χ2n) is 7.34. The van der Waals surface area contributed by atoms with Crippen molar-refractivity contribution in [3.63, 3.8) is 0 Å². The van der Waals surface area contributed by atoms with Crippen LogP contribution in [0.3, 0.4) is 0 Å². The molecule has 2 fully saturated rings. The zero-order valence-corrected chi connectivity index (χ0v) is 13.0. The van der Waals surface area contributed by atoms with Crippen molar-refractivity contribution in [2.45, 2.75) is 64.5 Å². The predicted octanol–water partition coefficient (Wildman–Crippen LogP) is 2.64. The van der Waals surface area contributed by atoms with Crippen LogP contribution in [0.5, 0.6) is 0 Å². The first-order chi connectivity index (χ1) is 9.03. The van der Waals surface area contributed by atoms with E-state index < -0.39 is 0 Å². The van der Waals surface area contributed by atoms with Gasteiger partial charge in [-0.1, -0.05) is 13.8 Å². The van der Waals surface area contributed by atoms with E-state index >= 15 is 0 Å². The number of rotatable bonds is 4. The molecule has 112 valence electrons. The van der Waals surface area contributed by atoms with Crippen molar-refractivity contribution in [2.24, 2.45) is 17.1 Å². The molecule has 1 saturated carbocycles. The van der Waals surface area contributed by atoms with Crippen LogP contribution in [0.1, 0.15) is 52.4 Å². The standard InChI is InChI=1S/C16H32N2O/c1-16(2)8-6-14(7-9-16)18(3)15(11-17)13-5-4-10-19-12-13/h13-15H,4-12,17H2,1-3H3. The van der Waals surface area contributed by atoms with Crippen molar-refractivity contribution in [1.29, 1.82) is 0 Å². The second kappa shape index (κ2) is 6.55. The summed E-state index contributed by atoms with van der Waals surface area (Å²) in [6, 6.07) is 1.23. The minimum absolute atomic E-state index is 0.506. The Morgan fingerprint density at radius 2 is 1.95 bits per heavy atom. The number of hydrogen-bond donors (Lipinski definition) is 1. The van der Waals surface area contributed by atoms with E-state index in [1.165, 1.54) is 38.5 Å². The Balaban J connectivity index is 1.91. The van der Waals surface area contributed by atoms with Gasteiger partial charge in [-0.2, -0.15) is 0 Å². The first-order valence-corrected chi connectivity index (χ1v) is 8.03. The van der Waals surface area contributed by atoms with Gasteiger partial charge in [-0.3, -0.25) is 4.90 Å². The third-order valence-electron chi connectivity index (χ3n) is 5.39. The van der Waals surface area contributed by atoms with E-state index in [2.05, 4.69) is 25.8 Å². The summed E-state index contributed by atoms with van der Waals surface area (Å²) < 4.78 is 5.65. The zero-order valence-electron chi connectivity index (χ0n) is 13.0. The van der Waals surface area contributed by atoms with Crippen molar-refractivity contribution in [2.75, 3.05) is 26.8 Å². The molecule has 2 unspecified atom stereocenters. The largest absolute Gasteiger partial charge is 0.381 e. The quantitative estimate of drug-likeness (QED) is 0.852. The van der Waals surface area contributed by atoms with Crippen molar-refractivity contribution >= 4 is 0 Å². The lowest BCUT2D eigenvalue weighted by Crippen LogP contribution is -2.51. The summed E-state index contributed by atoms with van der Waals surface area (Å²) in [5.41, 5.74) is 6.61. The van der Waals surface area contributed by atoms with Crippen LogP contribution in [0.2, 0.25) is 0 Å². The van der Waals surface area contributed by atoms with E-state index in [0.29, 0.717) is 17.4 Å². The molecule has 1 aliphatic carbocycles. The topological polar surface area (TPSA) is 38.5 Å². The third kappa shape index (κ3) is 3.93. The Kier molecular flexibility index (Phi) is 5.27. The Morgan fingerprint density at radius 3 is 2.47 bits per heavy atom. The molecule has 0 aromatic heterocycles.